The van der Waals surface area contributed by atoms with Gasteiger partial charge in [0.1, 0.15) is 5.76 Å². The van der Waals surface area contributed by atoms with Gasteiger partial charge in [0.15, 0.2) is 0 Å². The summed E-state index contributed by atoms with van der Waals surface area (Å²) >= 11 is 0. The largest absolute Gasteiger partial charge is 0.467 e. The van der Waals surface area contributed by atoms with E-state index in [1.54, 1.807) is 66.9 Å². The second-order valence-corrected chi connectivity index (χ2v) is 6.51. The molecular formula is C22H22N4O4. The van der Waals surface area contributed by atoms with Crippen LogP contribution in [0.3, 0.4) is 0 Å². The highest BCUT2D eigenvalue weighted by molar-refractivity contribution is 5.96. The number of hydrogen-bond acceptors (Lipinski definition) is 5. The molecule has 0 spiro atoms. The molecule has 1 aromatic heterocycles. The zero-order valence-corrected chi connectivity index (χ0v) is 16.4. The first kappa shape index (κ1) is 20.7. The SMILES string of the molecule is CC(=O)Nc1cccc(NC(=O)CNc2cccc(C(=O)NCc3ccco3)c2)c1. The van der Waals surface area contributed by atoms with Gasteiger partial charge in [0.2, 0.25) is 11.8 Å². The second-order valence-electron chi connectivity index (χ2n) is 6.51. The Morgan fingerprint density at radius 1 is 0.867 bits per heavy atom. The highest BCUT2D eigenvalue weighted by Crippen LogP contribution is 2.15. The summed E-state index contributed by atoms with van der Waals surface area (Å²) in [4.78, 5) is 35.7. The first-order valence-corrected chi connectivity index (χ1v) is 9.31. The summed E-state index contributed by atoms with van der Waals surface area (Å²) in [6, 6.07) is 17.3. The lowest BCUT2D eigenvalue weighted by molar-refractivity contribution is -0.115. The van der Waals surface area contributed by atoms with Gasteiger partial charge >= 0.3 is 0 Å². The fourth-order valence-corrected chi connectivity index (χ4v) is 2.72. The monoisotopic (exact) mass is 406 g/mol. The maximum atomic E-state index is 12.3. The van der Waals surface area contributed by atoms with Crippen LogP contribution in [0.25, 0.3) is 0 Å². The Labute approximate surface area is 173 Å². The molecule has 0 saturated heterocycles. The van der Waals surface area contributed by atoms with Crippen LogP contribution in [0.1, 0.15) is 23.0 Å². The van der Waals surface area contributed by atoms with Gasteiger partial charge in [0.25, 0.3) is 5.91 Å². The van der Waals surface area contributed by atoms with E-state index in [1.807, 2.05) is 0 Å². The van der Waals surface area contributed by atoms with Gasteiger partial charge < -0.3 is 25.7 Å². The average Bonchev–Trinajstić information content (AvgIpc) is 3.24. The minimum Gasteiger partial charge on any atom is -0.467 e. The summed E-state index contributed by atoms with van der Waals surface area (Å²) in [5.74, 6) is -0.0259. The molecule has 2 aromatic carbocycles. The van der Waals surface area contributed by atoms with Crippen LogP contribution in [0.5, 0.6) is 0 Å². The van der Waals surface area contributed by atoms with E-state index in [4.69, 9.17) is 4.42 Å². The van der Waals surface area contributed by atoms with Crippen LogP contribution in [-0.4, -0.2) is 24.3 Å². The van der Waals surface area contributed by atoms with Crippen molar-refractivity contribution in [2.24, 2.45) is 0 Å². The number of nitrogens with one attached hydrogen (secondary N) is 4. The van der Waals surface area contributed by atoms with Crippen LogP contribution in [-0.2, 0) is 16.1 Å². The molecule has 4 N–H and O–H groups in total. The van der Waals surface area contributed by atoms with E-state index < -0.39 is 0 Å². The molecule has 0 aliphatic carbocycles. The number of amides is 3. The van der Waals surface area contributed by atoms with E-state index in [-0.39, 0.29) is 24.3 Å². The van der Waals surface area contributed by atoms with Crippen molar-refractivity contribution in [2.75, 3.05) is 22.5 Å². The van der Waals surface area contributed by atoms with Crippen LogP contribution in [0.2, 0.25) is 0 Å². The third-order valence-electron chi connectivity index (χ3n) is 4.05. The van der Waals surface area contributed by atoms with E-state index in [9.17, 15) is 14.4 Å². The van der Waals surface area contributed by atoms with E-state index in [0.717, 1.165) is 0 Å². The van der Waals surface area contributed by atoms with Gasteiger partial charge in [-0.05, 0) is 48.5 Å². The number of carbonyl (C=O) groups excluding carboxylic acids is 3. The number of rotatable bonds is 8. The molecule has 8 heteroatoms. The number of carbonyl (C=O) groups is 3. The maximum absolute atomic E-state index is 12.3. The van der Waals surface area contributed by atoms with Crippen LogP contribution in [0, 0.1) is 0 Å². The predicted octanol–water partition coefficient (Wildman–Crippen LogP) is 3.22. The number of benzene rings is 2. The van der Waals surface area contributed by atoms with Gasteiger partial charge in [-0.25, -0.2) is 0 Å². The fourth-order valence-electron chi connectivity index (χ4n) is 2.72. The minimum atomic E-state index is -0.261. The van der Waals surface area contributed by atoms with Crippen molar-refractivity contribution in [3.8, 4) is 0 Å². The molecule has 0 atom stereocenters. The topological polar surface area (TPSA) is 112 Å². The van der Waals surface area contributed by atoms with E-state index in [1.165, 1.54) is 6.92 Å². The van der Waals surface area contributed by atoms with Crippen LogP contribution in [0.15, 0.2) is 71.3 Å². The molecule has 8 nitrogen and oxygen atoms in total. The zero-order valence-electron chi connectivity index (χ0n) is 16.4. The molecule has 0 radical (unpaired) electrons. The predicted molar refractivity (Wildman–Crippen MR) is 114 cm³/mol. The summed E-state index contributed by atoms with van der Waals surface area (Å²) in [6.45, 7) is 1.73. The molecule has 0 aliphatic rings. The van der Waals surface area contributed by atoms with E-state index in [0.29, 0.717) is 34.9 Å². The highest BCUT2D eigenvalue weighted by atomic mass is 16.3. The fraction of sp³-hybridized carbons (Fsp3) is 0.136. The maximum Gasteiger partial charge on any atom is 0.251 e. The lowest BCUT2D eigenvalue weighted by atomic mass is 10.2. The highest BCUT2D eigenvalue weighted by Gasteiger charge is 2.08. The molecule has 154 valence electrons. The third kappa shape index (κ3) is 6.23. The molecule has 0 aliphatic heterocycles. The Bertz CT molecular complexity index is 1030. The first-order valence-electron chi connectivity index (χ1n) is 9.31. The summed E-state index contributed by atoms with van der Waals surface area (Å²) in [7, 11) is 0. The summed E-state index contributed by atoms with van der Waals surface area (Å²) in [5, 5.41) is 11.2. The first-order chi connectivity index (χ1) is 14.5. The Hall–Kier alpha value is -4.07. The summed E-state index contributed by atoms with van der Waals surface area (Å²) < 4.78 is 5.19. The lowest BCUT2D eigenvalue weighted by Gasteiger charge is -2.10. The second kappa shape index (κ2) is 9.92. The van der Waals surface area contributed by atoms with Crippen molar-refractivity contribution in [1.29, 1.82) is 0 Å². The number of anilines is 3. The molecular weight excluding hydrogens is 384 g/mol. The van der Waals surface area contributed by atoms with Gasteiger partial charge in [0, 0.05) is 29.5 Å². The third-order valence-corrected chi connectivity index (χ3v) is 4.05. The van der Waals surface area contributed by atoms with Crippen molar-refractivity contribution in [2.45, 2.75) is 13.5 Å². The number of furan rings is 1. The van der Waals surface area contributed by atoms with Crippen molar-refractivity contribution in [3.63, 3.8) is 0 Å². The zero-order chi connectivity index (χ0) is 21.3. The van der Waals surface area contributed by atoms with Crippen molar-refractivity contribution in [1.82, 2.24) is 5.32 Å². The Morgan fingerprint density at radius 3 is 2.33 bits per heavy atom. The van der Waals surface area contributed by atoms with Crippen LogP contribution < -0.4 is 21.3 Å². The van der Waals surface area contributed by atoms with Gasteiger partial charge in [0.05, 0.1) is 19.4 Å². The van der Waals surface area contributed by atoms with Crippen molar-refractivity contribution < 1.29 is 18.8 Å². The quantitative estimate of drug-likeness (QED) is 0.459. The van der Waals surface area contributed by atoms with E-state index in [2.05, 4.69) is 21.3 Å². The lowest BCUT2D eigenvalue weighted by Crippen LogP contribution is -2.23. The van der Waals surface area contributed by atoms with Crippen molar-refractivity contribution in [3.05, 3.63) is 78.3 Å². The number of hydrogen-bond donors (Lipinski definition) is 4. The molecule has 0 saturated carbocycles. The molecule has 3 aromatic rings. The van der Waals surface area contributed by atoms with Crippen molar-refractivity contribution >= 4 is 34.8 Å². The molecule has 0 unspecified atom stereocenters. The van der Waals surface area contributed by atoms with Gasteiger partial charge in [-0.3, -0.25) is 14.4 Å². The molecule has 30 heavy (non-hydrogen) atoms. The summed E-state index contributed by atoms with van der Waals surface area (Å²) in [5.41, 5.74) is 2.28. The van der Waals surface area contributed by atoms with Gasteiger partial charge in [-0.15, -0.1) is 0 Å². The Balaban J connectivity index is 1.51. The normalized spacial score (nSPS) is 10.2. The van der Waals surface area contributed by atoms with E-state index >= 15 is 0 Å². The Morgan fingerprint density at radius 2 is 1.60 bits per heavy atom. The Kier molecular flexibility index (Phi) is 6.83. The smallest absolute Gasteiger partial charge is 0.251 e. The molecule has 3 amide bonds. The van der Waals surface area contributed by atoms with Gasteiger partial charge in [-0.1, -0.05) is 12.1 Å². The van der Waals surface area contributed by atoms with Crippen LogP contribution in [0.4, 0.5) is 17.1 Å². The summed E-state index contributed by atoms with van der Waals surface area (Å²) in [6.07, 6.45) is 1.55. The minimum absolute atomic E-state index is 0.0157. The molecule has 1 heterocycles. The standard InChI is InChI=1S/C22H22N4O4/c1-15(27)25-18-7-3-8-19(12-18)26-21(28)14-23-17-6-2-5-16(11-17)22(29)24-13-20-9-4-10-30-20/h2-12,23H,13-14H2,1H3,(H,24,29)(H,25,27)(H,26,28). The van der Waals surface area contributed by atoms with Crippen LogP contribution >= 0.6 is 0 Å². The van der Waals surface area contributed by atoms with Gasteiger partial charge in [-0.2, -0.15) is 0 Å². The average molecular weight is 406 g/mol. The molecule has 3 rings (SSSR count). The molecule has 0 fully saturated rings. The molecule has 0 bridgehead atoms.